The Kier molecular flexibility index (Phi) is 2.62. The number of nitrogens with two attached hydrogens (primary N) is 1. The molecule has 0 radical (unpaired) electrons. The van der Waals surface area contributed by atoms with Crippen LogP contribution in [0.5, 0.6) is 0 Å². The highest BCUT2D eigenvalue weighted by molar-refractivity contribution is 4.75. The Bertz CT molecular complexity index is 99.2. The van der Waals surface area contributed by atoms with Crippen molar-refractivity contribution in [2.24, 2.45) is 5.84 Å². The molecule has 60 valence electrons. The summed E-state index contributed by atoms with van der Waals surface area (Å²) in [6.45, 7) is 1.26. The molecule has 1 rings (SSSR count). The third-order valence-corrected chi connectivity index (χ3v) is 2.00. The van der Waals surface area contributed by atoms with Crippen molar-refractivity contribution in [3.63, 3.8) is 0 Å². The van der Waals surface area contributed by atoms with E-state index in [1.165, 1.54) is 0 Å². The summed E-state index contributed by atoms with van der Waals surface area (Å²) in [5.74, 6) is 5.53. The summed E-state index contributed by atoms with van der Waals surface area (Å²) >= 11 is 0. The molecule has 0 saturated carbocycles. The van der Waals surface area contributed by atoms with Gasteiger partial charge in [-0.15, -0.1) is 0 Å². The van der Waals surface area contributed by atoms with Crippen LogP contribution in [0.2, 0.25) is 0 Å². The number of hydrazine groups is 1. The third kappa shape index (κ3) is 1.91. The fraction of sp³-hybridized carbons (Fsp3) is 1.00. The summed E-state index contributed by atoms with van der Waals surface area (Å²) in [6.07, 6.45) is 1.80. The first-order valence-corrected chi connectivity index (χ1v) is 3.60. The van der Waals surface area contributed by atoms with Gasteiger partial charge in [0, 0.05) is 13.1 Å². The molecular weight excluding hydrogens is 130 g/mol. The van der Waals surface area contributed by atoms with Crippen molar-refractivity contribution in [1.29, 1.82) is 0 Å². The fourth-order valence-corrected chi connectivity index (χ4v) is 1.25. The maximum Gasteiger partial charge on any atom is 0.0261 e. The predicted molar refractivity (Wildman–Crippen MR) is 39.9 cm³/mol. The van der Waals surface area contributed by atoms with Gasteiger partial charge in [-0.1, -0.05) is 0 Å². The van der Waals surface area contributed by atoms with Crippen LogP contribution >= 0.6 is 0 Å². The zero-order valence-electron chi connectivity index (χ0n) is 6.29. The van der Waals surface area contributed by atoms with Gasteiger partial charge in [-0.25, -0.2) is 5.01 Å². The topological polar surface area (TPSA) is 55.6 Å². The van der Waals surface area contributed by atoms with Crippen LogP contribution in [-0.4, -0.2) is 36.3 Å². The predicted octanol–water partition coefficient (Wildman–Crippen LogP) is -0.246. The lowest BCUT2D eigenvalue weighted by atomic mass is 10.1. The molecule has 4 heteroatoms. The van der Waals surface area contributed by atoms with Gasteiger partial charge >= 0.3 is 0 Å². The van der Waals surface area contributed by atoms with Crippen molar-refractivity contribution in [1.82, 2.24) is 10.1 Å². The van der Waals surface area contributed by atoms with Gasteiger partial charge in [0.25, 0.3) is 0 Å². The van der Waals surface area contributed by atoms with E-state index in [0.717, 1.165) is 17.9 Å². The second-order valence-corrected chi connectivity index (χ2v) is 2.83. The molecule has 0 bridgehead atoms. The molecule has 0 aromatic rings. The highest BCUT2D eigenvalue weighted by Gasteiger charge is 2.15. The third-order valence-electron chi connectivity index (χ3n) is 2.00. The molecule has 0 aromatic carbocycles. The number of nitrogens with zero attached hydrogens (tertiary/aromatic N) is 2. The summed E-state index contributed by atoms with van der Waals surface area (Å²) in [7, 11) is 1.85. The number of hydroxylamine groups is 2. The summed E-state index contributed by atoms with van der Waals surface area (Å²) in [5, 5.41) is 13.5. The molecular formula is C6H14N3O-. The molecule has 4 nitrogen and oxygen atoms in total. The molecule has 1 aliphatic heterocycles. The van der Waals surface area contributed by atoms with Crippen molar-refractivity contribution in [3.8, 4) is 0 Å². The van der Waals surface area contributed by atoms with Gasteiger partial charge in [0.15, 0.2) is 0 Å². The number of hydrogen-bond donors (Lipinski definition) is 1. The summed E-state index contributed by atoms with van der Waals surface area (Å²) in [6, 6.07) is 0.408. The molecule has 1 fully saturated rings. The van der Waals surface area contributed by atoms with Gasteiger partial charge in [-0.3, -0.25) is 5.84 Å². The zero-order chi connectivity index (χ0) is 7.56. The standard InChI is InChI=1S/C6H14N3O/c1-8(7)6-2-4-9(10)5-3-6/h6H,2-5,7H2,1H3/q-1. The number of hydrogen-bond acceptors (Lipinski definition) is 4. The lowest BCUT2D eigenvalue weighted by molar-refractivity contribution is 0.157. The summed E-state index contributed by atoms with van der Waals surface area (Å²) < 4.78 is 0. The Hall–Kier alpha value is -0.160. The number of rotatable bonds is 1. The van der Waals surface area contributed by atoms with Crippen molar-refractivity contribution in [3.05, 3.63) is 5.21 Å². The highest BCUT2D eigenvalue weighted by Crippen LogP contribution is 2.11. The summed E-state index contributed by atoms with van der Waals surface area (Å²) in [4.78, 5) is 0. The second kappa shape index (κ2) is 3.30. The Balaban J connectivity index is 2.26. The molecule has 1 heterocycles. The Morgan fingerprint density at radius 3 is 2.40 bits per heavy atom. The van der Waals surface area contributed by atoms with Crippen LogP contribution in [0.4, 0.5) is 0 Å². The summed E-state index contributed by atoms with van der Waals surface area (Å²) in [5.41, 5.74) is 0. The zero-order valence-corrected chi connectivity index (χ0v) is 6.29. The van der Waals surface area contributed by atoms with E-state index in [2.05, 4.69) is 0 Å². The largest absolute Gasteiger partial charge is 0.785 e. The minimum absolute atomic E-state index is 0.408. The molecule has 0 aromatic heterocycles. The SMILES string of the molecule is CN(N)C1CCN([O-])CC1. The lowest BCUT2D eigenvalue weighted by Gasteiger charge is -2.38. The fourth-order valence-electron chi connectivity index (χ4n) is 1.25. The normalized spacial score (nSPS) is 24.0. The quantitative estimate of drug-likeness (QED) is 0.407. The van der Waals surface area contributed by atoms with E-state index in [0.29, 0.717) is 19.1 Å². The molecule has 1 saturated heterocycles. The second-order valence-electron chi connectivity index (χ2n) is 2.83. The van der Waals surface area contributed by atoms with Crippen LogP contribution < -0.4 is 5.84 Å². The average molecular weight is 144 g/mol. The maximum atomic E-state index is 10.7. The van der Waals surface area contributed by atoms with Crippen molar-refractivity contribution in [2.75, 3.05) is 20.1 Å². The van der Waals surface area contributed by atoms with E-state index in [-0.39, 0.29) is 0 Å². The van der Waals surface area contributed by atoms with E-state index in [9.17, 15) is 5.21 Å². The first kappa shape index (κ1) is 7.94. The van der Waals surface area contributed by atoms with Gasteiger partial charge in [-0.2, -0.15) is 0 Å². The smallest absolute Gasteiger partial charge is 0.0261 e. The van der Waals surface area contributed by atoms with Gasteiger partial charge in [0.05, 0.1) is 0 Å². The van der Waals surface area contributed by atoms with Crippen molar-refractivity contribution < 1.29 is 0 Å². The van der Waals surface area contributed by atoms with Crippen LogP contribution in [0.25, 0.3) is 0 Å². The average Bonchev–Trinajstić information content (AvgIpc) is 1.88. The minimum Gasteiger partial charge on any atom is -0.785 e. The van der Waals surface area contributed by atoms with E-state index in [1.807, 2.05) is 7.05 Å². The van der Waals surface area contributed by atoms with E-state index in [4.69, 9.17) is 5.84 Å². The van der Waals surface area contributed by atoms with Gasteiger partial charge in [-0.05, 0) is 25.9 Å². The molecule has 0 amide bonds. The molecule has 10 heavy (non-hydrogen) atoms. The van der Waals surface area contributed by atoms with Gasteiger partial charge in [0.1, 0.15) is 0 Å². The Morgan fingerprint density at radius 2 is 2.00 bits per heavy atom. The van der Waals surface area contributed by atoms with E-state index < -0.39 is 0 Å². The van der Waals surface area contributed by atoms with Crippen LogP contribution in [-0.2, 0) is 0 Å². The maximum absolute atomic E-state index is 10.7. The van der Waals surface area contributed by atoms with Crippen LogP contribution in [0.3, 0.4) is 0 Å². The Morgan fingerprint density at radius 1 is 1.50 bits per heavy atom. The molecule has 2 N–H and O–H groups in total. The molecule has 0 aliphatic carbocycles. The number of piperidine rings is 1. The first-order valence-electron chi connectivity index (χ1n) is 3.60. The molecule has 1 aliphatic rings. The first-order chi connectivity index (χ1) is 4.70. The minimum atomic E-state index is 0.408. The molecule has 0 atom stereocenters. The Labute approximate surface area is 61.1 Å². The van der Waals surface area contributed by atoms with Crippen molar-refractivity contribution >= 4 is 0 Å². The van der Waals surface area contributed by atoms with Crippen molar-refractivity contribution in [2.45, 2.75) is 18.9 Å². The monoisotopic (exact) mass is 144 g/mol. The van der Waals surface area contributed by atoms with Gasteiger partial charge in [0.2, 0.25) is 0 Å². The molecule has 0 spiro atoms. The van der Waals surface area contributed by atoms with E-state index >= 15 is 0 Å². The van der Waals surface area contributed by atoms with Crippen LogP contribution in [0.15, 0.2) is 0 Å². The van der Waals surface area contributed by atoms with Crippen LogP contribution in [0.1, 0.15) is 12.8 Å². The lowest BCUT2D eigenvalue weighted by Crippen LogP contribution is -2.44. The molecule has 0 unspecified atom stereocenters. The highest BCUT2D eigenvalue weighted by atomic mass is 16.5. The van der Waals surface area contributed by atoms with Gasteiger partial charge < -0.3 is 10.3 Å². The van der Waals surface area contributed by atoms with E-state index in [1.54, 1.807) is 5.01 Å². The van der Waals surface area contributed by atoms with Crippen LogP contribution in [0, 0.1) is 5.21 Å².